The van der Waals surface area contributed by atoms with Crippen LogP contribution in [0.1, 0.15) is 5.56 Å². The molecule has 0 aliphatic heterocycles. The Morgan fingerprint density at radius 1 is 1.29 bits per heavy atom. The third-order valence-corrected chi connectivity index (χ3v) is 3.82. The average molecular weight is 279 g/mol. The quantitative estimate of drug-likeness (QED) is 0.482. The fourth-order valence-corrected chi connectivity index (χ4v) is 1.90. The Hall–Kier alpha value is -1.18. The standard InChI is InChI=1S/C9H11ClN2O4S/c10-7-17(15,16)11-6-5-8-1-3-9(4-2-8)12(13)14/h1-4,11H,5-7H2. The van der Waals surface area contributed by atoms with Crippen LogP contribution in [-0.2, 0) is 16.4 Å². The molecule has 0 unspecified atom stereocenters. The average Bonchev–Trinajstić information content (AvgIpc) is 2.29. The van der Waals surface area contributed by atoms with Gasteiger partial charge < -0.3 is 0 Å². The molecule has 0 saturated carbocycles. The van der Waals surface area contributed by atoms with E-state index in [0.717, 1.165) is 5.56 Å². The van der Waals surface area contributed by atoms with Crippen molar-refractivity contribution in [2.24, 2.45) is 0 Å². The molecule has 0 aromatic heterocycles. The monoisotopic (exact) mass is 278 g/mol. The van der Waals surface area contributed by atoms with Crippen molar-refractivity contribution in [3.05, 3.63) is 39.9 Å². The highest BCUT2D eigenvalue weighted by Crippen LogP contribution is 2.11. The maximum absolute atomic E-state index is 11.0. The van der Waals surface area contributed by atoms with Crippen LogP contribution >= 0.6 is 11.6 Å². The molecule has 0 saturated heterocycles. The van der Waals surface area contributed by atoms with Crippen molar-refractivity contribution < 1.29 is 13.3 Å². The largest absolute Gasteiger partial charge is 0.269 e. The van der Waals surface area contributed by atoms with Gasteiger partial charge in [-0.1, -0.05) is 12.1 Å². The van der Waals surface area contributed by atoms with Gasteiger partial charge in [-0.3, -0.25) is 10.1 Å². The van der Waals surface area contributed by atoms with Crippen LogP contribution in [0.3, 0.4) is 0 Å². The summed E-state index contributed by atoms with van der Waals surface area (Å²) < 4.78 is 24.3. The van der Waals surface area contributed by atoms with E-state index >= 15 is 0 Å². The molecular weight excluding hydrogens is 268 g/mol. The number of hydrogen-bond donors (Lipinski definition) is 1. The van der Waals surface area contributed by atoms with Gasteiger partial charge in [0.1, 0.15) is 5.21 Å². The van der Waals surface area contributed by atoms with E-state index in [2.05, 4.69) is 4.72 Å². The number of halogens is 1. The minimum absolute atomic E-state index is 0.00934. The SMILES string of the molecule is O=[N+]([O-])c1ccc(CCNS(=O)(=O)CCl)cc1. The second-order valence-corrected chi connectivity index (χ2v) is 5.68. The molecule has 1 aromatic rings. The smallest absolute Gasteiger partial charge is 0.258 e. The minimum Gasteiger partial charge on any atom is -0.258 e. The first-order chi connectivity index (χ1) is 7.94. The molecule has 0 heterocycles. The van der Waals surface area contributed by atoms with Crippen LogP contribution in [0.25, 0.3) is 0 Å². The van der Waals surface area contributed by atoms with E-state index in [1.165, 1.54) is 12.1 Å². The van der Waals surface area contributed by atoms with Gasteiger partial charge in [-0.15, -0.1) is 11.6 Å². The molecule has 6 nitrogen and oxygen atoms in total. The van der Waals surface area contributed by atoms with Gasteiger partial charge in [-0.25, -0.2) is 13.1 Å². The maximum atomic E-state index is 11.0. The van der Waals surface area contributed by atoms with Crippen molar-refractivity contribution in [2.75, 3.05) is 11.8 Å². The molecule has 1 rings (SSSR count). The van der Waals surface area contributed by atoms with Crippen molar-refractivity contribution in [2.45, 2.75) is 6.42 Å². The molecule has 0 aliphatic rings. The summed E-state index contributed by atoms with van der Waals surface area (Å²) in [5.41, 5.74) is 0.822. The molecule has 1 aromatic carbocycles. The molecule has 17 heavy (non-hydrogen) atoms. The highest BCUT2D eigenvalue weighted by atomic mass is 35.5. The van der Waals surface area contributed by atoms with E-state index in [0.29, 0.717) is 6.42 Å². The fraction of sp³-hybridized carbons (Fsp3) is 0.333. The Bertz CT molecular complexity index is 486. The lowest BCUT2D eigenvalue weighted by molar-refractivity contribution is -0.384. The van der Waals surface area contributed by atoms with Gasteiger partial charge in [0.2, 0.25) is 10.0 Å². The lowest BCUT2D eigenvalue weighted by Crippen LogP contribution is -2.26. The number of nitrogens with zero attached hydrogens (tertiary/aromatic N) is 1. The van der Waals surface area contributed by atoms with E-state index in [1.54, 1.807) is 12.1 Å². The highest BCUT2D eigenvalue weighted by Gasteiger charge is 2.07. The molecule has 8 heteroatoms. The van der Waals surface area contributed by atoms with Crippen molar-refractivity contribution in [1.29, 1.82) is 0 Å². The van der Waals surface area contributed by atoms with Gasteiger partial charge in [-0.2, -0.15) is 0 Å². The van der Waals surface area contributed by atoms with E-state index in [4.69, 9.17) is 11.6 Å². The second kappa shape index (κ2) is 5.95. The van der Waals surface area contributed by atoms with Gasteiger partial charge in [0.05, 0.1) is 4.92 Å². The van der Waals surface area contributed by atoms with Gasteiger partial charge in [0, 0.05) is 18.7 Å². The lowest BCUT2D eigenvalue weighted by Gasteiger charge is -2.03. The van der Waals surface area contributed by atoms with Crippen LogP contribution < -0.4 is 4.72 Å². The Kier molecular flexibility index (Phi) is 4.86. The number of alkyl halides is 1. The molecule has 0 radical (unpaired) electrons. The van der Waals surface area contributed by atoms with Gasteiger partial charge in [-0.05, 0) is 12.0 Å². The van der Waals surface area contributed by atoms with E-state index in [1.807, 2.05) is 0 Å². The number of nitro benzene ring substituents is 1. The van der Waals surface area contributed by atoms with Crippen molar-refractivity contribution in [3.8, 4) is 0 Å². The molecule has 0 aliphatic carbocycles. The van der Waals surface area contributed by atoms with Gasteiger partial charge in [0.15, 0.2) is 0 Å². The first kappa shape index (κ1) is 13.9. The predicted octanol–water partition coefficient (Wildman–Crippen LogP) is 1.25. The van der Waals surface area contributed by atoms with Crippen LogP contribution in [0, 0.1) is 10.1 Å². The summed E-state index contributed by atoms with van der Waals surface area (Å²) in [5.74, 6) is 0. The number of sulfonamides is 1. The van der Waals surface area contributed by atoms with Gasteiger partial charge in [0.25, 0.3) is 5.69 Å². The summed E-state index contributed by atoms with van der Waals surface area (Å²) in [6.45, 7) is 0.215. The number of nitro groups is 1. The number of benzene rings is 1. The molecule has 0 amide bonds. The van der Waals surface area contributed by atoms with Gasteiger partial charge >= 0.3 is 0 Å². The molecule has 0 atom stereocenters. The Labute approximate surface area is 104 Å². The summed E-state index contributed by atoms with van der Waals surface area (Å²) >= 11 is 5.21. The number of hydrogen-bond acceptors (Lipinski definition) is 4. The molecule has 0 bridgehead atoms. The van der Waals surface area contributed by atoms with Crippen LogP contribution in [0.15, 0.2) is 24.3 Å². The zero-order valence-corrected chi connectivity index (χ0v) is 10.4. The number of nitrogens with one attached hydrogen (secondary N) is 1. The van der Waals surface area contributed by atoms with Crippen molar-refractivity contribution >= 4 is 27.3 Å². The third-order valence-electron chi connectivity index (χ3n) is 2.03. The molecule has 94 valence electrons. The van der Waals surface area contributed by atoms with Crippen molar-refractivity contribution in [3.63, 3.8) is 0 Å². The zero-order valence-electron chi connectivity index (χ0n) is 8.80. The third kappa shape index (κ3) is 4.68. The van der Waals surface area contributed by atoms with Crippen LogP contribution in [0.4, 0.5) is 5.69 Å². The minimum atomic E-state index is -3.40. The fourth-order valence-electron chi connectivity index (χ4n) is 1.17. The summed E-state index contributed by atoms with van der Waals surface area (Å²) in [4.78, 5) is 9.91. The Balaban J connectivity index is 2.51. The summed E-state index contributed by atoms with van der Waals surface area (Å²) in [6.07, 6.45) is 0.452. The van der Waals surface area contributed by atoms with E-state index in [9.17, 15) is 18.5 Å². The van der Waals surface area contributed by atoms with E-state index in [-0.39, 0.29) is 12.2 Å². The summed E-state index contributed by atoms with van der Waals surface area (Å²) in [6, 6.07) is 5.94. The predicted molar refractivity (Wildman–Crippen MR) is 64.4 cm³/mol. The molecule has 0 fully saturated rings. The first-order valence-electron chi connectivity index (χ1n) is 4.71. The number of non-ortho nitro benzene ring substituents is 1. The first-order valence-corrected chi connectivity index (χ1v) is 6.90. The van der Waals surface area contributed by atoms with E-state index < -0.39 is 20.2 Å². The normalized spacial score (nSPS) is 11.4. The van der Waals surface area contributed by atoms with Crippen molar-refractivity contribution in [1.82, 2.24) is 4.72 Å². The molecule has 1 N–H and O–H groups in total. The van der Waals surface area contributed by atoms with Crippen LogP contribution in [0.2, 0.25) is 0 Å². The molecular formula is C9H11ClN2O4S. The Morgan fingerprint density at radius 3 is 2.35 bits per heavy atom. The van der Waals surface area contributed by atoms with Crippen LogP contribution in [-0.4, -0.2) is 25.1 Å². The summed E-state index contributed by atoms with van der Waals surface area (Å²) in [5, 5.41) is 9.92. The Morgan fingerprint density at radius 2 is 1.88 bits per heavy atom. The maximum Gasteiger partial charge on any atom is 0.269 e. The van der Waals surface area contributed by atoms with Crippen LogP contribution in [0.5, 0.6) is 0 Å². The second-order valence-electron chi connectivity index (χ2n) is 3.29. The topological polar surface area (TPSA) is 89.3 Å². The molecule has 0 spiro atoms. The highest BCUT2D eigenvalue weighted by molar-refractivity contribution is 7.90. The summed E-state index contributed by atoms with van der Waals surface area (Å²) in [7, 11) is -3.40. The zero-order chi connectivity index (χ0) is 12.9. The number of rotatable bonds is 6. The lowest BCUT2D eigenvalue weighted by atomic mass is 10.1.